The average Bonchev–Trinajstić information content (AvgIpc) is 3.21. The number of nitrogens with zero attached hydrogens (tertiary/aromatic N) is 2. The molecule has 0 saturated heterocycles. The molecule has 0 aliphatic heterocycles. The minimum absolute atomic E-state index is 0. The molecule has 33 heavy (non-hydrogen) atoms. The predicted octanol–water partition coefficient (Wildman–Crippen LogP) is 3.65. The number of hydrogen-bond donors (Lipinski definition) is 3. The first-order valence-electron chi connectivity index (χ1n) is 11.2. The van der Waals surface area contributed by atoms with Gasteiger partial charge in [0.05, 0.1) is 13.2 Å². The molecule has 0 spiro atoms. The third-order valence-corrected chi connectivity index (χ3v) is 5.13. The normalized spacial score (nSPS) is 11.8. The number of likely N-dealkylation sites (N-methyl/N-ethyl adjacent to an activating group) is 1. The van der Waals surface area contributed by atoms with Gasteiger partial charge in [0, 0.05) is 50.7 Å². The number of hydrogen-bond acceptors (Lipinski definition) is 5. The van der Waals surface area contributed by atoms with E-state index in [9.17, 15) is 4.79 Å². The summed E-state index contributed by atoms with van der Waals surface area (Å²) in [5.41, 5.74) is 9.46. The van der Waals surface area contributed by atoms with E-state index in [0.717, 1.165) is 35.1 Å². The molecular formula is C25H37N5O3. The number of benzene rings is 2. The summed E-state index contributed by atoms with van der Waals surface area (Å²) >= 11 is 0. The highest BCUT2D eigenvalue weighted by Gasteiger charge is 2.15. The molecule has 3 rings (SSSR count). The van der Waals surface area contributed by atoms with Gasteiger partial charge in [-0.15, -0.1) is 0 Å². The predicted molar refractivity (Wildman–Crippen MR) is 137 cm³/mol. The second-order valence-electron chi connectivity index (χ2n) is 7.85. The SMILES string of the molecule is CCOc1ccc(C(=O)N=C(N)c2cccc3[nH]cc(CNCCN(C)C)c23)cc1OCC.[HH].[HH]. The molecule has 8 nitrogen and oxygen atoms in total. The second-order valence-corrected chi connectivity index (χ2v) is 7.85. The Morgan fingerprint density at radius 1 is 1.15 bits per heavy atom. The summed E-state index contributed by atoms with van der Waals surface area (Å²) in [4.78, 5) is 22.5. The first-order chi connectivity index (χ1) is 15.9. The largest absolute Gasteiger partial charge is 0.490 e. The van der Waals surface area contributed by atoms with Gasteiger partial charge in [-0.05, 0) is 57.8 Å². The van der Waals surface area contributed by atoms with E-state index >= 15 is 0 Å². The highest BCUT2D eigenvalue weighted by atomic mass is 16.5. The lowest BCUT2D eigenvalue weighted by Gasteiger charge is -2.12. The van der Waals surface area contributed by atoms with E-state index in [0.29, 0.717) is 36.8 Å². The third-order valence-electron chi connectivity index (χ3n) is 5.13. The molecule has 0 atom stereocenters. The maximum Gasteiger partial charge on any atom is 0.279 e. The number of nitrogens with one attached hydrogen (secondary N) is 2. The van der Waals surface area contributed by atoms with Crippen LogP contribution < -0.4 is 20.5 Å². The summed E-state index contributed by atoms with van der Waals surface area (Å²) < 4.78 is 11.2. The number of amidine groups is 1. The van der Waals surface area contributed by atoms with Gasteiger partial charge in [-0.25, -0.2) is 0 Å². The first kappa shape index (κ1) is 24.3. The zero-order valence-corrected chi connectivity index (χ0v) is 19.8. The molecule has 0 bridgehead atoms. The Morgan fingerprint density at radius 2 is 1.91 bits per heavy atom. The fourth-order valence-corrected chi connectivity index (χ4v) is 3.55. The molecule has 3 aromatic rings. The van der Waals surface area contributed by atoms with Crippen molar-refractivity contribution in [1.82, 2.24) is 15.2 Å². The molecule has 0 fully saturated rings. The quantitative estimate of drug-likeness (QED) is 0.232. The number of aromatic amines is 1. The van der Waals surface area contributed by atoms with Gasteiger partial charge < -0.3 is 30.4 Å². The standard InChI is InChI=1S/C25H33N5O3.2H2/c1-5-32-21-11-10-17(14-22(21)33-6-2)25(31)29-24(26)19-8-7-9-20-23(19)18(16-28-20)15-27-12-13-30(3)4;;/h7-11,14,16,27-28H,5-6,12-13,15H2,1-4H3,(H2,26,29,31);2*1H. The smallest absolute Gasteiger partial charge is 0.279 e. The zero-order chi connectivity index (χ0) is 23.8. The van der Waals surface area contributed by atoms with Crippen LogP contribution in [0.15, 0.2) is 47.6 Å². The Hall–Kier alpha value is -3.36. The lowest BCUT2D eigenvalue weighted by atomic mass is 10.1. The van der Waals surface area contributed by atoms with Crippen molar-refractivity contribution in [3.63, 3.8) is 0 Å². The lowest BCUT2D eigenvalue weighted by molar-refractivity contribution is 0.100. The van der Waals surface area contributed by atoms with Gasteiger partial charge in [0.2, 0.25) is 0 Å². The number of aliphatic imine (C=N–C) groups is 1. The molecule has 2 aromatic carbocycles. The first-order valence-corrected chi connectivity index (χ1v) is 11.2. The van der Waals surface area contributed by atoms with Crippen molar-refractivity contribution in [3.05, 3.63) is 59.3 Å². The van der Waals surface area contributed by atoms with E-state index in [1.165, 1.54) is 0 Å². The molecule has 0 saturated carbocycles. The monoisotopic (exact) mass is 455 g/mol. The van der Waals surface area contributed by atoms with Crippen molar-refractivity contribution < 1.29 is 17.1 Å². The molecule has 0 unspecified atom stereocenters. The summed E-state index contributed by atoms with van der Waals surface area (Å²) in [7, 11) is 4.09. The topological polar surface area (TPSA) is 105 Å². The van der Waals surface area contributed by atoms with Crippen molar-refractivity contribution in [1.29, 1.82) is 0 Å². The van der Waals surface area contributed by atoms with Gasteiger partial charge in [0.15, 0.2) is 11.5 Å². The van der Waals surface area contributed by atoms with Gasteiger partial charge in [-0.1, -0.05) is 12.1 Å². The molecular weight excluding hydrogens is 418 g/mol. The number of H-pyrrole nitrogens is 1. The van der Waals surface area contributed by atoms with Crippen LogP contribution in [-0.2, 0) is 6.54 Å². The molecule has 8 heteroatoms. The van der Waals surface area contributed by atoms with Gasteiger partial charge in [0.25, 0.3) is 5.91 Å². The number of aromatic nitrogens is 1. The van der Waals surface area contributed by atoms with Crippen LogP contribution in [0.1, 0.15) is 38.2 Å². The summed E-state index contributed by atoms with van der Waals surface area (Å²) in [6.07, 6.45) is 1.97. The van der Waals surface area contributed by atoms with Crippen LogP contribution >= 0.6 is 0 Å². The lowest BCUT2D eigenvalue weighted by Crippen LogP contribution is -2.26. The summed E-state index contributed by atoms with van der Waals surface area (Å²) in [5.74, 6) is 0.843. The minimum atomic E-state index is -0.435. The molecule has 0 aliphatic rings. The molecule has 1 heterocycles. The molecule has 4 N–H and O–H groups in total. The fourth-order valence-electron chi connectivity index (χ4n) is 3.55. The van der Waals surface area contributed by atoms with Crippen LogP contribution in [0.2, 0.25) is 0 Å². The van der Waals surface area contributed by atoms with Crippen molar-refractivity contribution >= 4 is 22.6 Å². The molecule has 0 aliphatic carbocycles. The van der Waals surface area contributed by atoms with Gasteiger partial charge in [-0.2, -0.15) is 4.99 Å². The number of fused-ring (bicyclic) bond motifs is 1. The van der Waals surface area contributed by atoms with Gasteiger partial charge >= 0.3 is 0 Å². The van der Waals surface area contributed by atoms with Gasteiger partial charge in [0.1, 0.15) is 5.84 Å². The van der Waals surface area contributed by atoms with E-state index < -0.39 is 5.91 Å². The van der Waals surface area contributed by atoms with Crippen LogP contribution in [0.4, 0.5) is 0 Å². The van der Waals surface area contributed by atoms with Crippen molar-refractivity contribution in [2.24, 2.45) is 10.7 Å². The fraction of sp³-hybridized carbons (Fsp3) is 0.360. The van der Waals surface area contributed by atoms with E-state index in [1.54, 1.807) is 18.2 Å². The third kappa shape index (κ3) is 6.12. The number of nitrogens with two attached hydrogens (primary N) is 1. The number of rotatable bonds is 11. The van der Waals surface area contributed by atoms with Crippen LogP contribution in [-0.4, -0.2) is 62.0 Å². The van der Waals surface area contributed by atoms with Crippen molar-refractivity contribution in [2.75, 3.05) is 40.4 Å². The number of amides is 1. The van der Waals surface area contributed by atoms with Crippen LogP contribution in [0.25, 0.3) is 10.9 Å². The Bertz CT molecular complexity index is 1130. The maximum atomic E-state index is 12.9. The van der Waals surface area contributed by atoms with E-state index in [4.69, 9.17) is 15.2 Å². The van der Waals surface area contributed by atoms with Crippen molar-refractivity contribution in [3.8, 4) is 11.5 Å². The van der Waals surface area contributed by atoms with Crippen LogP contribution in [0.3, 0.4) is 0 Å². The maximum absolute atomic E-state index is 12.9. The summed E-state index contributed by atoms with van der Waals surface area (Å²) in [5, 5.41) is 4.41. The van der Waals surface area contributed by atoms with E-state index in [2.05, 4.69) is 20.2 Å². The average molecular weight is 456 g/mol. The Kier molecular flexibility index (Phi) is 8.46. The number of carbonyl (C=O) groups is 1. The van der Waals surface area contributed by atoms with Crippen LogP contribution in [0.5, 0.6) is 11.5 Å². The summed E-state index contributed by atoms with van der Waals surface area (Å²) in [6, 6.07) is 10.8. The van der Waals surface area contributed by atoms with Crippen LogP contribution in [0, 0.1) is 0 Å². The molecule has 1 amide bonds. The van der Waals surface area contributed by atoms with E-state index in [-0.39, 0.29) is 8.69 Å². The zero-order valence-electron chi connectivity index (χ0n) is 19.8. The Morgan fingerprint density at radius 3 is 2.64 bits per heavy atom. The van der Waals surface area contributed by atoms with Crippen molar-refractivity contribution in [2.45, 2.75) is 20.4 Å². The minimum Gasteiger partial charge on any atom is -0.490 e. The Labute approximate surface area is 197 Å². The highest BCUT2D eigenvalue weighted by Crippen LogP contribution is 2.29. The number of carbonyl (C=O) groups excluding carboxylic acids is 1. The Balaban J connectivity index is 0.00000306. The number of ether oxygens (including phenoxy) is 2. The van der Waals surface area contributed by atoms with Gasteiger partial charge in [-0.3, -0.25) is 4.79 Å². The molecule has 180 valence electrons. The highest BCUT2D eigenvalue weighted by molar-refractivity contribution is 6.14. The van der Waals surface area contributed by atoms with E-state index in [1.807, 2.05) is 52.3 Å². The summed E-state index contributed by atoms with van der Waals surface area (Å²) in [6.45, 7) is 7.24. The molecule has 0 radical (unpaired) electrons. The second kappa shape index (κ2) is 11.5. The molecule has 1 aromatic heterocycles.